The summed E-state index contributed by atoms with van der Waals surface area (Å²) < 4.78 is 8.30. The number of anilines is 1. The normalized spacial score (nSPS) is 25.1. The Labute approximate surface area is 225 Å². The van der Waals surface area contributed by atoms with Crippen molar-refractivity contribution in [3.05, 3.63) is 23.5 Å². The first-order valence-electron chi connectivity index (χ1n) is 14.5. The van der Waals surface area contributed by atoms with Crippen molar-refractivity contribution < 1.29 is 9.53 Å². The van der Waals surface area contributed by atoms with E-state index in [1.807, 2.05) is 0 Å². The molecule has 206 valence electrons. The van der Waals surface area contributed by atoms with Crippen LogP contribution in [0.25, 0.3) is 5.65 Å². The van der Waals surface area contributed by atoms with Gasteiger partial charge in [0.2, 0.25) is 0 Å². The summed E-state index contributed by atoms with van der Waals surface area (Å²) in [5.74, 6) is -0.120. The lowest BCUT2D eigenvalue weighted by atomic mass is 9.74. The van der Waals surface area contributed by atoms with E-state index in [1.54, 1.807) is 12.4 Å². The first-order valence-corrected chi connectivity index (χ1v) is 14.5. The molecule has 3 aliphatic rings. The molecule has 2 aromatic heterocycles. The molecule has 4 heterocycles. The molecule has 38 heavy (non-hydrogen) atoms. The van der Waals surface area contributed by atoms with Crippen LogP contribution in [0.3, 0.4) is 0 Å². The second kappa shape index (κ2) is 12.4. The van der Waals surface area contributed by atoms with Crippen molar-refractivity contribution in [2.45, 2.75) is 107 Å². The van der Waals surface area contributed by atoms with Crippen LogP contribution in [0.2, 0.25) is 0 Å². The zero-order valence-electron chi connectivity index (χ0n) is 22.4. The molecule has 0 bridgehead atoms. The van der Waals surface area contributed by atoms with Gasteiger partial charge in [-0.1, -0.05) is 44.9 Å². The Morgan fingerprint density at radius 2 is 1.84 bits per heavy atom. The van der Waals surface area contributed by atoms with E-state index >= 15 is 0 Å². The van der Waals surface area contributed by atoms with Crippen LogP contribution in [-0.4, -0.2) is 63.9 Å². The van der Waals surface area contributed by atoms with Gasteiger partial charge in [0.15, 0.2) is 11.5 Å². The first-order chi connectivity index (χ1) is 18.6. The van der Waals surface area contributed by atoms with Crippen molar-refractivity contribution in [1.29, 1.82) is 5.26 Å². The van der Waals surface area contributed by atoms with Crippen LogP contribution in [0.15, 0.2) is 12.4 Å². The van der Waals surface area contributed by atoms with E-state index in [2.05, 4.69) is 32.1 Å². The number of carbonyl (C=O) groups is 1. The molecule has 10 nitrogen and oxygen atoms in total. The second-order valence-electron chi connectivity index (χ2n) is 11.2. The van der Waals surface area contributed by atoms with Gasteiger partial charge in [0.05, 0.1) is 30.7 Å². The van der Waals surface area contributed by atoms with Gasteiger partial charge in [0, 0.05) is 23.5 Å². The van der Waals surface area contributed by atoms with Gasteiger partial charge in [-0.2, -0.15) is 5.26 Å². The number of hydrogen-bond acceptors (Lipinski definition) is 8. The molecule has 2 aromatic rings. The predicted molar refractivity (Wildman–Crippen MR) is 146 cm³/mol. The Hall–Kier alpha value is -2.74. The average Bonchev–Trinajstić information content (AvgIpc) is 3.25. The van der Waals surface area contributed by atoms with Crippen molar-refractivity contribution in [1.82, 2.24) is 30.5 Å². The maximum atomic E-state index is 13.9. The lowest BCUT2D eigenvalue weighted by Gasteiger charge is -2.50. The number of carbonyl (C=O) groups excluding carboxylic acids is 1. The number of piperidine rings is 2. The third-order valence-corrected chi connectivity index (χ3v) is 8.62. The molecule has 0 radical (unpaired) electrons. The summed E-state index contributed by atoms with van der Waals surface area (Å²) in [6, 6.07) is 1.94. The molecule has 5 N–H and O–H groups in total. The number of nitrogen functional groups attached to an aromatic ring is 1. The van der Waals surface area contributed by atoms with Gasteiger partial charge in [-0.05, 0) is 51.7 Å². The van der Waals surface area contributed by atoms with E-state index in [4.69, 9.17) is 15.7 Å². The molecule has 3 fully saturated rings. The summed E-state index contributed by atoms with van der Waals surface area (Å²) in [4.78, 5) is 18.4. The lowest BCUT2D eigenvalue weighted by Crippen LogP contribution is -2.69. The molecule has 1 amide bonds. The number of nitrogens with zero attached hydrogens (tertiary/aromatic N) is 4. The van der Waals surface area contributed by atoms with Crippen molar-refractivity contribution in [3.8, 4) is 6.07 Å². The van der Waals surface area contributed by atoms with Gasteiger partial charge >= 0.3 is 0 Å². The molecule has 2 atom stereocenters. The van der Waals surface area contributed by atoms with Crippen LogP contribution in [0.4, 0.5) is 5.82 Å². The number of nitrogens with two attached hydrogens (primary N) is 1. The highest BCUT2D eigenvalue weighted by Crippen LogP contribution is 2.35. The second-order valence-corrected chi connectivity index (χ2v) is 11.2. The quantitative estimate of drug-likeness (QED) is 0.470. The fourth-order valence-electron chi connectivity index (χ4n) is 6.63. The third kappa shape index (κ3) is 5.95. The maximum Gasteiger partial charge on any atom is 0.259 e. The van der Waals surface area contributed by atoms with E-state index in [9.17, 15) is 4.79 Å². The molecule has 2 saturated heterocycles. The smallest absolute Gasteiger partial charge is 0.259 e. The van der Waals surface area contributed by atoms with Gasteiger partial charge in [-0.25, -0.2) is 9.50 Å². The van der Waals surface area contributed by atoms with E-state index in [0.717, 1.165) is 70.1 Å². The molecule has 2 aliphatic heterocycles. The topological polar surface area (TPSA) is 142 Å². The van der Waals surface area contributed by atoms with E-state index in [0.29, 0.717) is 5.65 Å². The highest BCUT2D eigenvalue weighted by atomic mass is 16.5. The fourth-order valence-corrected chi connectivity index (χ4v) is 6.63. The number of nitriles is 1. The highest BCUT2D eigenvalue weighted by Gasteiger charge is 2.47. The Morgan fingerprint density at radius 3 is 2.55 bits per heavy atom. The number of ether oxygens (including phenoxy) is 1. The highest BCUT2D eigenvalue weighted by molar-refractivity contribution is 6.04. The van der Waals surface area contributed by atoms with E-state index < -0.39 is 0 Å². The first kappa shape index (κ1) is 26.9. The van der Waals surface area contributed by atoms with Crippen LogP contribution >= 0.6 is 0 Å². The number of amides is 1. The predicted octanol–water partition coefficient (Wildman–Crippen LogP) is 2.87. The van der Waals surface area contributed by atoms with E-state index in [-0.39, 0.29) is 47.5 Å². The van der Waals surface area contributed by atoms with Crippen LogP contribution < -0.4 is 21.7 Å². The van der Waals surface area contributed by atoms with Crippen LogP contribution in [0.1, 0.15) is 93.0 Å². The molecule has 1 saturated carbocycles. The molecule has 1 aliphatic carbocycles. The lowest BCUT2D eigenvalue weighted by molar-refractivity contribution is -0.0790. The SMILES string of the molecule is N#CCc1cnc2c(C(=O)NC3C(OC4CCNCC4)CCNC34CCCCCCCCC4)c(N)nn2c1. The number of hydrogen-bond donors (Lipinski definition) is 4. The number of fused-ring (bicyclic) bond motifs is 1. The van der Waals surface area contributed by atoms with Crippen LogP contribution in [0, 0.1) is 11.3 Å². The zero-order valence-corrected chi connectivity index (χ0v) is 22.4. The van der Waals surface area contributed by atoms with E-state index in [1.165, 1.54) is 36.6 Å². The molecule has 2 unspecified atom stereocenters. The summed E-state index contributed by atoms with van der Waals surface area (Å²) in [7, 11) is 0. The van der Waals surface area contributed by atoms with Crippen molar-refractivity contribution in [2.75, 3.05) is 25.4 Å². The fraction of sp³-hybridized carbons (Fsp3) is 0.714. The van der Waals surface area contributed by atoms with Gasteiger partial charge < -0.3 is 26.4 Å². The summed E-state index contributed by atoms with van der Waals surface area (Å²) >= 11 is 0. The standard InChI is InChI=1S/C28H42N8O2/c29-14-8-20-18-32-26-23(25(30)35-36(26)19-20)27(37)34-24-22(38-21-9-15-31-16-10-21)11-17-33-28(24)12-6-4-2-1-3-5-7-13-28/h18-19,21-22,24,31,33H,1-13,15-17H2,(H2,30,35)(H,34,37). The molecule has 0 aromatic carbocycles. The Kier molecular flexibility index (Phi) is 8.77. The summed E-state index contributed by atoms with van der Waals surface area (Å²) in [6.45, 7) is 2.83. The van der Waals surface area contributed by atoms with Crippen molar-refractivity contribution in [2.24, 2.45) is 0 Å². The third-order valence-electron chi connectivity index (χ3n) is 8.62. The van der Waals surface area contributed by atoms with Crippen LogP contribution in [0.5, 0.6) is 0 Å². The largest absolute Gasteiger partial charge is 0.381 e. The Balaban J connectivity index is 1.44. The van der Waals surface area contributed by atoms with Crippen LogP contribution in [-0.2, 0) is 11.2 Å². The monoisotopic (exact) mass is 522 g/mol. The molecular formula is C28H42N8O2. The van der Waals surface area contributed by atoms with Gasteiger partial charge in [-0.15, -0.1) is 5.10 Å². The summed E-state index contributed by atoms with van der Waals surface area (Å²) in [6.07, 6.45) is 17.2. The number of aromatic nitrogens is 3. The summed E-state index contributed by atoms with van der Waals surface area (Å²) in [5, 5.41) is 24.1. The molecule has 10 heteroatoms. The van der Waals surface area contributed by atoms with Gasteiger partial charge in [0.25, 0.3) is 5.91 Å². The molecular weight excluding hydrogens is 480 g/mol. The number of rotatable bonds is 5. The van der Waals surface area contributed by atoms with Crippen molar-refractivity contribution >= 4 is 17.4 Å². The Bertz CT molecular complexity index is 1130. The minimum Gasteiger partial charge on any atom is -0.381 e. The minimum absolute atomic E-state index is 0.0653. The van der Waals surface area contributed by atoms with Gasteiger partial charge in [0.1, 0.15) is 5.56 Å². The molecule has 5 rings (SSSR count). The van der Waals surface area contributed by atoms with Gasteiger partial charge in [-0.3, -0.25) is 4.79 Å². The minimum atomic E-state index is -0.262. The molecule has 1 spiro atoms. The maximum absolute atomic E-state index is 13.9. The Morgan fingerprint density at radius 1 is 1.13 bits per heavy atom. The number of nitrogens with one attached hydrogen (secondary N) is 3. The zero-order chi connectivity index (χ0) is 26.4. The average molecular weight is 523 g/mol. The van der Waals surface area contributed by atoms with Crippen molar-refractivity contribution in [3.63, 3.8) is 0 Å². The summed E-state index contributed by atoms with van der Waals surface area (Å²) in [5.41, 5.74) is 7.47.